The van der Waals surface area contributed by atoms with Gasteiger partial charge in [-0.1, -0.05) is 67.9 Å². The van der Waals surface area contributed by atoms with Gasteiger partial charge in [0, 0.05) is 30.3 Å². The summed E-state index contributed by atoms with van der Waals surface area (Å²) in [6.07, 6.45) is 6.07. The second-order valence-corrected chi connectivity index (χ2v) is 8.68. The predicted molar refractivity (Wildman–Crippen MR) is 140 cm³/mol. The highest BCUT2D eigenvalue weighted by molar-refractivity contribution is 7.99. The first-order chi connectivity index (χ1) is 16.2. The van der Waals surface area contributed by atoms with E-state index in [0.29, 0.717) is 45.0 Å². The van der Waals surface area contributed by atoms with Crippen LogP contribution in [0.1, 0.15) is 18.4 Å². The number of nitrogens with one attached hydrogen (secondary N) is 1. The lowest BCUT2D eigenvalue weighted by molar-refractivity contribution is -0.121. The highest BCUT2D eigenvalue weighted by Crippen LogP contribution is 2.18. The number of aromatic nitrogens is 2. The normalized spacial score (nSPS) is 11.8. The molecule has 34 heavy (non-hydrogen) atoms. The number of hydrogen-bond acceptors (Lipinski definition) is 4. The van der Waals surface area contributed by atoms with Crippen LogP contribution in [0.2, 0.25) is 5.02 Å². The SMILES string of the molecule is C=C/C=c1\c(=C)nc(SCC(=C)/C=C(/F)C=C)n(CCCC(=O)NCc2cccc(Cl)c2)c1=O. The van der Waals surface area contributed by atoms with Crippen LogP contribution >= 0.6 is 23.4 Å². The Morgan fingerprint density at radius 2 is 2.09 bits per heavy atom. The molecule has 2 aromatic rings. The molecule has 0 atom stereocenters. The summed E-state index contributed by atoms with van der Waals surface area (Å²) in [4.78, 5) is 29.8. The minimum Gasteiger partial charge on any atom is -0.352 e. The van der Waals surface area contributed by atoms with Crippen molar-refractivity contribution in [2.75, 3.05) is 5.75 Å². The van der Waals surface area contributed by atoms with Crippen molar-refractivity contribution < 1.29 is 9.18 Å². The Balaban J connectivity index is 2.11. The fourth-order valence-corrected chi connectivity index (χ4v) is 4.09. The number of halogens is 2. The van der Waals surface area contributed by atoms with Crippen molar-refractivity contribution >= 4 is 41.9 Å². The summed E-state index contributed by atoms with van der Waals surface area (Å²) < 4.78 is 14.9. The van der Waals surface area contributed by atoms with E-state index in [0.717, 1.165) is 11.6 Å². The molecule has 0 saturated heterocycles. The van der Waals surface area contributed by atoms with Gasteiger partial charge >= 0.3 is 0 Å². The highest BCUT2D eigenvalue weighted by Gasteiger charge is 2.11. The number of allylic oxidation sites excluding steroid dienone is 4. The summed E-state index contributed by atoms with van der Waals surface area (Å²) in [7, 11) is 0. The van der Waals surface area contributed by atoms with Crippen molar-refractivity contribution in [1.82, 2.24) is 14.9 Å². The molecule has 2 rings (SSSR count). The zero-order valence-electron chi connectivity index (χ0n) is 18.9. The lowest BCUT2D eigenvalue weighted by Crippen LogP contribution is -2.47. The number of carbonyl (C=O) groups excluding carboxylic acids is 1. The summed E-state index contributed by atoms with van der Waals surface area (Å²) in [5, 5.41) is 4.53. The first-order valence-electron chi connectivity index (χ1n) is 10.5. The van der Waals surface area contributed by atoms with Crippen LogP contribution in [0.25, 0.3) is 12.7 Å². The Bertz CT molecular complexity index is 1280. The molecule has 1 heterocycles. The van der Waals surface area contributed by atoms with Gasteiger partial charge in [0.05, 0.1) is 10.6 Å². The van der Waals surface area contributed by atoms with Gasteiger partial charge in [-0.2, -0.15) is 0 Å². The zero-order chi connectivity index (χ0) is 25.1. The molecule has 1 aromatic carbocycles. The minimum atomic E-state index is -0.492. The van der Waals surface area contributed by atoms with Crippen molar-refractivity contribution in [3.8, 4) is 0 Å². The van der Waals surface area contributed by atoms with Crippen LogP contribution in [0, 0.1) is 0 Å². The van der Waals surface area contributed by atoms with Crippen molar-refractivity contribution in [2.45, 2.75) is 31.1 Å². The van der Waals surface area contributed by atoms with Gasteiger partial charge in [0.1, 0.15) is 5.83 Å². The first-order valence-corrected chi connectivity index (χ1v) is 11.9. The van der Waals surface area contributed by atoms with Crippen molar-refractivity contribution in [1.29, 1.82) is 0 Å². The molecule has 1 aromatic heterocycles. The average molecular weight is 500 g/mol. The van der Waals surface area contributed by atoms with E-state index in [1.165, 1.54) is 28.5 Å². The Hall–Kier alpha value is -3.16. The number of thioether (sulfide) groups is 1. The molecule has 0 aliphatic carbocycles. The van der Waals surface area contributed by atoms with Crippen LogP contribution in [0.5, 0.6) is 0 Å². The van der Waals surface area contributed by atoms with E-state index >= 15 is 0 Å². The van der Waals surface area contributed by atoms with Crippen LogP contribution in [0.15, 0.2) is 83.6 Å². The fourth-order valence-electron chi connectivity index (χ4n) is 2.97. The topological polar surface area (TPSA) is 64.0 Å². The zero-order valence-corrected chi connectivity index (χ0v) is 20.4. The number of carbonyl (C=O) groups is 1. The smallest absolute Gasteiger partial charge is 0.262 e. The second-order valence-electron chi connectivity index (χ2n) is 7.30. The molecule has 0 saturated carbocycles. The molecule has 1 amide bonds. The van der Waals surface area contributed by atoms with Gasteiger partial charge in [0.2, 0.25) is 5.91 Å². The molecule has 0 aliphatic heterocycles. The average Bonchev–Trinajstić information content (AvgIpc) is 2.80. The summed E-state index contributed by atoms with van der Waals surface area (Å²) in [6.45, 7) is 15.3. The monoisotopic (exact) mass is 499 g/mol. The van der Waals surface area contributed by atoms with E-state index in [2.05, 4.69) is 36.6 Å². The third kappa shape index (κ3) is 8.32. The van der Waals surface area contributed by atoms with Crippen LogP contribution in [-0.2, 0) is 17.9 Å². The lowest BCUT2D eigenvalue weighted by Gasteiger charge is -2.12. The van der Waals surface area contributed by atoms with Gasteiger partial charge in [-0.3, -0.25) is 14.2 Å². The molecular formula is C26H27ClFN3O2S. The van der Waals surface area contributed by atoms with Crippen LogP contribution in [0.4, 0.5) is 4.39 Å². The molecule has 5 nitrogen and oxygen atoms in total. The van der Waals surface area contributed by atoms with Crippen molar-refractivity contribution in [2.24, 2.45) is 0 Å². The molecule has 178 valence electrons. The van der Waals surface area contributed by atoms with Crippen molar-refractivity contribution in [3.63, 3.8) is 0 Å². The molecule has 0 aliphatic rings. The van der Waals surface area contributed by atoms with E-state index in [1.54, 1.807) is 18.2 Å². The van der Waals surface area contributed by atoms with Crippen molar-refractivity contribution in [3.05, 3.63) is 105 Å². The van der Waals surface area contributed by atoms with Gasteiger partial charge in [0.25, 0.3) is 5.56 Å². The maximum Gasteiger partial charge on any atom is 0.262 e. The lowest BCUT2D eigenvalue weighted by atomic mass is 10.2. The van der Waals surface area contributed by atoms with Gasteiger partial charge in [-0.25, -0.2) is 9.37 Å². The quantitative estimate of drug-likeness (QED) is 0.272. The van der Waals surface area contributed by atoms with Crippen LogP contribution < -0.4 is 21.4 Å². The highest BCUT2D eigenvalue weighted by atomic mass is 35.5. The Labute approximate surface area is 207 Å². The molecule has 0 fully saturated rings. The number of benzene rings is 1. The number of nitrogens with zero attached hydrogens (tertiary/aromatic N) is 2. The van der Waals surface area contributed by atoms with Gasteiger partial charge in [0.15, 0.2) is 5.16 Å². The Morgan fingerprint density at radius 1 is 1.32 bits per heavy atom. The molecule has 8 heteroatoms. The molecule has 0 radical (unpaired) electrons. The first kappa shape index (κ1) is 27.1. The van der Waals surface area contributed by atoms with Crippen LogP contribution in [0.3, 0.4) is 0 Å². The number of amides is 1. The predicted octanol–water partition coefficient (Wildman–Crippen LogP) is 4.06. The van der Waals surface area contributed by atoms with E-state index < -0.39 is 5.83 Å². The Kier molecular flexibility index (Phi) is 10.8. The van der Waals surface area contributed by atoms with Crippen LogP contribution in [-0.4, -0.2) is 21.2 Å². The summed E-state index contributed by atoms with van der Waals surface area (Å²) in [5.74, 6) is -0.314. The van der Waals surface area contributed by atoms with Gasteiger partial charge < -0.3 is 5.32 Å². The standard InChI is InChI=1S/C26H27ClFN3O2S/c1-5-9-23-19(4)30-26(34-17-18(3)14-22(28)6-2)31(25(23)33)13-8-12-24(32)29-16-20-10-7-11-21(27)15-20/h5-7,9-11,14-15H,1-4,8,12-13,16-17H2,(H,29,32)/b22-14+,23-9+. The van der Waals surface area contributed by atoms with E-state index in [1.807, 2.05) is 12.1 Å². The van der Waals surface area contributed by atoms with Gasteiger partial charge in [-0.05, 0) is 47.9 Å². The van der Waals surface area contributed by atoms with E-state index in [4.69, 9.17) is 11.6 Å². The maximum atomic E-state index is 13.4. The summed E-state index contributed by atoms with van der Waals surface area (Å²) in [5.41, 5.74) is 1.13. The molecule has 0 spiro atoms. The van der Waals surface area contributed by atoms with E-state index in [9.17, 15) is 14.0 Å². The second kappa shape index (κ2) is 13.5. The third-order valence-electron chi connectivity index (χ3n) is 4.62. The van der Waals surface area contributed by atoms with Gasteiger partial charge in [-0.15, -0.1) is 0 Å². The molecular weight excluding hydrogens is 473 g/mol. The third-order valence-corrected chi connectivity index (χ3v) is 5.94. The van der Waals surface area contributed by atoms with E-state index in [-0.39, 0.29) is 24.4 Å². The summed E-state index contributed by atoms with van der Waals surface area (Å²) >= 11 is 7.21. The maximum absolute atomic E-state index is 13.4. The fraction of sp³-hybridized carbons (Fsp3) is 0.192. The summed E-state index contributed by atoms with van der Waals surface area (Å²) in [6, 6.07) is 7.26. The molecule has 0 unspecified atom stereocenters. The Morgan fingerprint density at radius 3 is 2.76 bits per heavy atom. The number of rotatable bonds is 12. The molecule has 1 N–H and O–H groups in total. The minimum absolute atomic E-state index is 0.139. The largest absolute Gasteiger partial charge is 0.352 e. The number of hydrogen-bond donors (Lipinski definition) is 1. The molecule has 0 bridgehead atoms.